The Morgan fingerprint density at radius 1 is 0.228 bits per heavy atom. The Kier molecular flexibility index (Phi) is 73.0. The van der Waals surface area contributed by atoms with Crippen molar-refractivity contribution in [2.45, 2.75) is 476 Å². The number of esters is 1. The predicted molar refractivity (Wildman–Crippen MR) is 356 cm³/mol. The standard InChI is InChI=1S/C76H152O3/c1-3-5-7-9-10-11-12-13-14-15-16-17-18-19-20-21-22-23-24-25-26-27-28-29-30-31-32-33-34-35-36-37-38-39-40-41-42-43-44-45-46-47-48-49-50-51-52-53-54-55-56-57-60-63-66-70-74-79-76(78)73-69-65-62-59-58-61-64-68-72-75(77)71-67-8-6-4-2/h75,77H,3-74H2,1-2H3. The van der Waals surface area contributed by atoms with Gasteiger partial charge >= 0.3 is 5.97 Å². The molecule has 1 unspecified atom stereocenters. The number of aliphatic hydroxyl groups is 1. The molecule has 0 fully saturated rings. The van der Waals surface area contributed by atoms with Gasteiger partial charge in [-0.05, 0) is 25.7 Å². The van der Waals surface area contributed by atoms with Crippen LogP contribution in [-0.2, 0) is 9.53 Å². The summed E-state index contributed by atoms with van der Waals surface area (Å²) in [6, 6.07) is 0. The van der Waals surface area contributed by atoms with Crippen molar-refractivity contribution in [3.8, 4) is 0 Å². The number of unbranched alkanes of at least 4 members (excludes halogenated alkanes) is 65. The quantitative estimate of drug-likeness (QED) is 0.0488. The van der Waals surface area contributed by atoms with Crippen molar-refractivity contribution in [1.29, 1.82) is 0 Å². The molecular formula is C76H152O3. The highest BCUT2D eigenvalue weighted by Crippen LogP contribution is 2.21. The Morgan fingerprint density at radius 2 is 0.380 bits per heavy atom. The normalized spacial score (nSPS) is 12.1. The van der Waals surface area contributed by atoms with E-state index in [0.717, 1.165) is 32.1 Å². The van der Waals surface area contributed by atoms with Crippen LogP contribution in [0.3, 0.4) is 0 Å². The van der Waals surface area contributed by atoms with Crippen molar-refractivity contribution in [2.24, 2.45) is 0 Å². The van der Waals surface area contributed by atoms with Crippen molar-refractivity contribution in [3.63, 3.8) is 0 Å². The third-order valence-corrected chi connectivity index (χ3v) is 18.3. The van der Waals surface area contributed by atoms with Gasteiger partial charge in [-0.15, -0.1) is 0 Å². The topological polar surface area (TPSA) is 46.5 Å². The van der Waals surface area contributed by atoms with Gasteiger partial charge in [0.15, 0.2) is 0 Å². The molecule has 474 valence electrons. The Morgan fingerprint density at radius 3 is 0.582 bits per heavy atom. The highest BCUT2D eigenvalue weighted by atomic mass is 16.5. The first-order chi connectivity index (χ1) is 39.2. The van der Waals surface area contributed by atoms with Crippen LogP contribution in [-0.4, -0.2) is 23.8 Å². The Bertz CT molecular complexity index is 1060. The molecule has 0 aromatic rings. The maximum absolute atomic E-state index is 12.1. The Labute approximate surface area is 500 Å². The van der Waals surface area contributed by atoms with E-state index in [1.807, 2.05) is 0 Å². The van der Waals surface area contributed by atoms with Crippen molar-refractivity contribution in [1.82, 2.24) is 0 Å². The predicted octanol–water partition coefficient (Wildman–Crippen LogP) is 27.6. The van der Waals surface area contributed by atoms with Gasteiger partial charge in [0.2, 0.25) is 0 Å². The van der Waals surface area contributed by atoms with Gasteiger partial charge in [-0.25, -0.2) is 0 Å². The lowest BCUT2D eigenvalue weighted by Crippen LogP contribution is -2.06. The van der Waals surface area contributed by atoms with Crippen molar-refractivity contribution < 1.29 is 14.6 Å². The lowest BCUT2D eigenvalue weighted by molar-refractivity contribution is -0.143. The Balaban J connectivity index is 3.13. The summed E-state index contributed by atoms with van der Waals surface area (Å²) in [6.07, 6.45) is 98.6. The third-order valence-electron chi connectivity index (χ3n) is 18.3. The highest BCUT2D eigenvalue weighted by Gasteiger charge is 2.06. The minimum Gasteiger partial charge on any atom is -0.466 e. The monoisotopic (exact) mass is 1110 g/mol. The lowest BCUT2D eigenvalue weighted by atomic mass is 10.0. The fraction of sp³-hybridized carbons (Fsp3) is 0.987. The Hall–Kier alpha value is -0.570. The van der Waals surface area contributed by atoms with E-state index in [4.69, 9.17) is 4.74 Å². The van der Waals surface area contributed by atoms with Gasteiger partial charge in [0.25, 0.3) is 0 Å². The molecule has 1 N–H and O–H groups in total. The zero-order valence-electron chi connectivity index (χ0n) is 55.3. The van der Waals surface area contributed by atoms with Gasteiger partial charge in [-0.1, -0.05) is 438 Å². The van der Waals surface area contributed by atoms with Crippen LogP contribution in [0.4, 0.5) is 0 Å². The number of ether oxygens (including phenoxy) is 1. The van der Waals surface area contributed by atoms with Crippen LogP contribution in [0.5, 0.6) is 0 Å². The van der Waals surface area contributed by atoms with Crippen molar-refractivity contribution in [2.75, 3.05) is 6.61 Å². The van der Waals surface area contributed by atoms with Crippen LogP contribution in [0.1, 0.15) is 470 Å². The van der Waals surface area contributed by atoms with Crippen LogP contribution in [0, 0.1) is 0 Å². The largest absolute Gasteiger partial charge is 0.466 e. The summed E-state index contributed by atoms with van der Waals surface area (Å²) in [5, 5.41) is 10.1. The number of carbonyl (C=O) groups excluding carboxylic acids is 1. The van der Waals surface area contributed by atoms with Gasteiger partial charge in [0.05, 0.1) is 12.7 Å². The summed E-state index contributed by atoms with van der Waals surface area (Å²) < 4.78 is 5.50. The molecule has 0 aliphatic heterocycles. The summed E-state index contributed by atoms with van der Waals surface area (Å²) in [4.78, 5) is 12.1. The number of carbonyl (C=O) groups is 1. The molecule has 1 atom stereocenters. The third kappa shape index (κ3) is 73.5. The fourth-order valence-electron chi connectivity index (χ4n) is 12.6. The average Bonchev–Trinajstić information content (AvgIpc) is 3.45. The summed E-state index contributed by atoms with van der Waals surface area (Å²) in [5.41, 5.74) is 0. The van der Waals surface area contributed by atoms with E-state index in [1.165, 1.54) is 417 Å². The molecule has 0 aliphatic carbocycles. The van der Waals surface area contributed by atoms with Gasteiger partial charge < -0.3 is 9.84 Å². The molecule has 79 heavy (non-hydrogen) atoms. The van der Waals surface area contributed by atoms with Crippen LogP contribution in [0.2, 0.25) is 0 Å². The maximum atomic E-state index is 12.1. The molecule has 0 aliphatic rings. The first-order valence-electron chi connectivity index (χ1n) is 38.0. The summed E-state index contributed by atoms with van der Waals surface area (Å²) in [5.74, 6) is 0.0104. The van der Waals surface area contributed by atoms with Gasteiger partial charge in [0, 0.05) is 6.42 Å². The molecule has 0 saturated carbocycles. The van der Waals surface area contributed by atoms with E-state index >= 15 is 0 Å². The fourth-order valence-corrected chi connectivity index (χ4v) is 12.6. The summed E-state index contributed by atoms with van der Waals surface area (Å²) in [7, 11) is 0. The number of hydrogen-bond acceptors (Lipinski definition) is 3. The first-order valence-corrected chi connectivity index (χ1v) is 38.0. The van der Waals surface area contributed by atoms with Crippen LogP contribution >= 0.6 is 0 Å². The van der Waals surface area contributed by atoms with Crippen molar-refractivity contribution in [3.05, 3.63) is 0 Å². The molecule has 0 radical (unpaired) electrons. The summed E-state index contributed by atoms with van der Waals surface area (Å²) in [6.45, 7) is 5.17. The van der Waals surface area contributed by atoms with E-state index in [9.17, 15) is 9.90 Å². The van der Waals surface area contributed by atoms with Crippen LogP contribution in [0.25, 0.3) is 0 Å². The lowest BCUT2D eigenvalue weighted by Gasteiger charge is -2.10. The molecule has 0 saturated heterocycles. The SMILES string of the molecule is CCCCCCCCCCCCCCCCCCCCCCCCCCCCCCCCCCCCCCCCCCCCCCCCCCCCCCCCCCOC(=O)CCCCCCCCCCC(O)CCCCCC. The minimum absolute atomic E-state index is 0.0104. The van der Waals surface area contributed by atoms with E-state index in [-0.39, 0.29) is 12.1 Å². The van der Waals surface area contributed by atoms with Crippen LogP contribution in [0.15, 0.2) is 0 Å². The molecule has 0 amide bonds. The van der Waals surface area contributed by atoms with E-state index < -0.39 is 0 Å². The summed E-state index contributed by atoms with van der Waals surface area (Å²) >= 11 is 0. The maximum Gasteiger partial charge on any atom is 0.305 e. The number of rotatable bonds is 73. The second-order valence-electron chi connectivity index (χ2n) is 26.5. The molecule has 3 nitrogen and oxygen atoms in total. The van der Waals surface area contributed by atoms with Gasteiger partial charge in [-0.2, -0.15) is 0 Å². The second kappa shape index (κ2) is 73.5. The van der Waals surface area contributed by atoms with Gasteiger partial charge in [0.1, 0.15) is 0 Å². The van der Waals surface area contributed by atoms with E-state index in [0.29, 0.717) is 13.0 Å². The molecule has 0 aromatic heterocycles. The number of aliphatic hydroxyl groups excluding tert-OH is 1. The zero-order valence-corrected chi connectivity index (χ0v) is 55.3. The zero-order chi connectivity index (χ0) is 56.8. The highest BCUT2D eigenvalue weighted by molar-refractivity contribution is 5.69. The molecule has 0 heterocycles. The second-order valence-corrected chi connectivity index (χ2v) is 26.5. The van der Waals surface area contributed by atoms with Crippen LogP contribution < -0.4 is 0 Å². The molecule has 0 aromatic carbocycles. The first kappa shape index (κ1) is 78.4. The smallest absolute Gasteiger partial charge is 0.305 e. The van der Waals surface area contributed by atoms with E-state index in [2.05, 4.69) is 13.8 Å². The molecular weight excluding hydrogens is 961 g/mol. The number of hydrogen-bond donors (Lipinski definition) is 1. The minimum atomic E-state index is -0.0806. The molecule has 0 spiro atoms. The molecule has 0 bridgehead atoms. The molecule has 3 heteroatoms. The molecule has 0 rings (SSSR count). The van der Waals surface area contributed by atoms with Crippen molar-refractivity contribution >= 4 is 5.97 Å². The van der Waals surface area contributed by atoms with Gasteiger partial charge in [-0.3, -0.25) is 4.79 Å². The van der Waals surface area contributed by atoms with E-state index in [1.54, 1.807) is 0 Å². The average molecular weight is 1110 g/mol.